The molecular weight excluding hydrogens is 613 g/mol. The fourth-order valence-electron chi connectivity index (χ4n) is 3.61. The molecule has 12 heteroatoms. The summed E-state index contributed by atoms with van der Waals surface area (Å²) in [6, 6.07) is 15.1. The molecule has 3 aromatic carbocycles. The van der Waals surface area contributed by atoms with Crippen LogP contribution in [0.2, 0.25) is 10.0 Å². The van der Waals surface area contributed by atoms with Crippen LogP contribution in [0, 0.1) is 0 Å². The smallest absolute Gasteiger partial charge is 0.335 e. The molecule has 9 nitrogen and oxygen atoms in total. The van der Waals surface area contributed by atoms with Crippen molar-refractivity contribution in [3.63, 3.8) is 0 Å². The van der Waals surface area contributed by atoms with Gasteiger partial charge in [-0.1, -0.05) is 35.3 Å². The molecule has 200 valence electrons. The number of carbonyl (C=O) groups excluding carboxylic acids is 4. The number of carbonyl (C=O) groups is 4. The lowest BCUT2D eigenvalue weighted by atomic mass is 10.1. The quantitative estimate of drug-likeness (QED) is 0.238. The zero-order valence-electron chi connectivity index (χ0n) is 20.3. The number of nitrogens with zero attached hydrogens (tertiary/aromatic N) is 1. The van der Waals surface area contributed by atoms with Gasteiger partial charge >= 0.3 is 6.03 Å². The lowest BCUT2D eigenvalue weighted by Crippen LogP contribution is -2.54. The third kappa shape index (κ3) is 6.59. The summed E-state index contributed by atoms with van der Waals surface area (Å²) in [7, 11) is 0. The summed E-state index contributed by atoms with van der Waals surface area (Å²) in [5, 5.41) is 5.65. The molecule has 0 spiro atoms. The first-order valence-electron chi connectivity index (χ1n) is 11.5. The van der Waals surface area contributed by atoms with E-state index >= 15 is 0 Å². The van der Waals surface area contributed by atoms with E-state index in [9.17, 15) is 19.2 Å². The number of anilines is 2. The van der Waals surface area contributed by atoms with Crippen LogP contribution in [0.25, 0.3) is 6.08 Å². The van der Waals surface area contributed by atoms with Crippen molar-refractivity contribution < 1.29 is 28.7 Å². The highest BCUT2D eigenvalue weighted by Crippen LogP contribution is 2.38. The molecule has 0 aliphatic carbocycles. The second-order valence-electron chi connectivity index (χ2n) is 8.01. The van der Waals surface area contributed by atoms with Crippen molar-refractivity contribution in [1.82, 2.24) is 5.32 Å². The number of barbiturate groups is 1. The van der Waals surface area contributed by atoms with Crippen molar-refractivity contribution in [2.75, 3.05) is 23.4 Å². The van der Waals surface area contributed by atoms with Crippen molar-refractivity contribution >= 4 is 80.3 Å². The van der Waals surface area contributed by atoms with Gasteiger partial charge in [0.25, 0.3) is 17.7 Å². The van der Waals surface area contributed by atoms with E-state index in [0.29, 0.717) is 25.8 Å². The standard InChI is InChI=1S/C27H20BrCl2N3O6/c1-2-38-22-13-15(12-19(28)24(22)39-14-23(34)31-21-6-4-3-5-20(21)30)11-18-25(35)32-27(37)33(26(18)36)17-9-7-16(29)8-10-17/h3-13H,2,14H2,1H3,(H,31,34)(H,32,35,37)/b18-11-. The Hall–Kier alpha value is -3.86. The van der Waals surface area contributed by atoms with Gasteiger partial charge in [-0.25, -0.2) is 9.69 Å². The molecule has 1 fully saturated rings. The number of hydrogen-bond acceptors (Lipinski definition) is 6. The highest BCUT2D eigenvalue weighted by Gasteiger charge is 2.36. The summed E-state index contributed by atoms with van der Waals surface area (Å²) in [4.78, 5) is 51.4. The number of hydrogen-bond donors (Lipinski definition) is 2. The fraction of sp³-hybridized carbons (Fsp3) is 0.111. The van der Waals surface area contributed by atoms with Gasteiger partial charge in [-0.15, -0.1) is 0 Å². The average molecular weight is 633 g/mol. The number of para-hydroxylation sites is 1. The first-order chi connectivity index (χ1) is 18.7. The summed E-state index contributed by atoms with van der Waals surface area (Å²) >= 11 is 15.4. The summed E-state index contributed by atoms with van der Waals surface area (Å²) < 4.78 is 11.8. The molecule has 5 amide bonds. The van der Waals surface area contributed by atoms with Crippen LogP contribution >= 0.6 is 39.1 Å². The molecule has 0 bridgehead atoms. The first kappa shape index (κ1) is 28.2. The maximum absolute atomic E-state index is 13.2. The van der Waals surface area contributed by atoms with Crippen LogP contribution in [0.1, 0.15) is 12.5 Å². The van der Waals surface area contributed by atoms with E-state index in [4.69, 9.17) is 32.7 Å². The Morgan fingerprint density at radius 3 is 2.46 bits per heavy atom. The molecule has 1 aliphatic heterocycles. The number of urea groups is 1. The van der Waals surface area contributed by atoms with Crippen LogP contribution in [0.5, 0.6) is 11.5 Å². The maximum Gasteiger partial charge on any atom is 0.335 e. The number of nitrogens with one attached hydrogen (secondary N) is 2. The Balaban J connectivity index is 1.58. The number of amides is 5. The predicted molar refractivity (Wildman–Crippen MR) is 151 cm³/mol. The second-order valence-corrected chi connectivity index (χ2v) is 9.71. The summed E-state index contributed by atoms with van der Waals surface area (Å²) in [6.45, 7) is 1.69. The van der Waals surface area contributed by atoms with Crippen molar-refractivity contribution in [3.8, 4) is 11.5 Å². The van der Waals surface area contributed by atoms with Gasteiger partial charge < -0.3 is 14.8 Å². The molecule has 0 saturated carbocycles. The Morgan fingerprint density at radius 2 is 1.77 bits per heavy atom. The molecule has 3 aromatic rings. The zero-order chi connectivity index (χ0) is 28.1. The second kappa shape index (κ2) is 12.3. The third-order valence-electron chi connectivity index (χ3n) is 5.32. The Bertz CT molecular complexity index is 1490. The van der Waals surface area contributed by atoms with Crippen LogP contribution in [0.15, 0.2) is 70.7 Å². The van der Waals surface area contributed by atoms with Crippen molar-refractivity contribution in [1.29, 1.82) is 0 Å². The molecule has 0 atom stereocenters. The van der Waals surface area contributed by atoms with Crippen LogP contribution in [0.4, 0.5) is 16.2 Å². The Labute approximate surface area is 241 Å². The van der Waals surface area contributed by atoms with Gasteiger partial charge in [-0.2, -0.15) is 0 Å². The summed E-state index contributed by atoms with van der Waals surface area (Å²) in [5.41, 5.74) is 0.824. The van der Waals surface area contributed by atoms with Crippen LogP contribution in [-0.4, -0.2) is 37.0 Å². The highest BCUT2D eigenvalue weighted by molar-refractivity contribution is 9.10. The monoisotopic (exact) mass is 631 g/mol. The Kier molecular flexibility index (Phi) is 8.90. The zero-order valence-corrected chi connectivity index (χ0v) is 23.4. The van der Waals surface area contributed by atoms with Gasteiger partial charge in [0, 0.05) is 5.02 Å². The molecule has 1 heterocycles. The SMILES string of the molecule is CCOc1cc(/C=C2/C(=O)NC(=O)N(c3ccc(Cl)cc3)C2=O)cc(Br)c1OCC(=O)Nc1ccccc1Cl. The van der Waals surface area contributed by atoms with E-state index in [-0.39, 0.29) is 36.0 Å². The van der Waals surface area contributed by atoms with Crippen LogP contribution < -0.4 is 25.0 Å². The van der Waals surface area contributed by atoms with Gasteiger partial charge in [-0.05, 0) is 83.0 Å². The number of ether oxygens (including phenoxy) is 2. The van der Waals surface area contributed by atoms with E-state index in [1.165, 1.54) is 30.3 Å². The van der Waals surface area contributed by atoms with Gasteiger partial charge in [0.15, 0.2) is 18.1 Å². The summed E-state index contributed by atoms with van der Waals surface area (Å²) in [5.74, 6) is -1.60. The topological polar surface area (TPSA) is 114 Å². The van der Waals surface area contributed by atoms with Gasteiger partial charge in [-0.3, -0.25) is 19.7 Å². The van der Waals surface area contributed by atoms with Crippen LogP contribution in [-0.2, 0) is 14.4 Å². The lowest BCUT2D eigenvalue weighted by Gasteiger charge is -2.26. The lowest BCUT2D eigenvalue weighted by molar-refractivity contribution is -0.122. The number of rotatable bonds is 8. The maximum atomic E-state index is 13.2. The molecule has 4 rings (SSSR count). The summed E-state index contributed by atoms with van der Waals surface area (Å²) in [6.07, 6.45) is 1.33. The van der Waals surface area contributed by atoms with E-state index in [1.807, 2.05) is 0 Å². The van der Waals surface area contributed by atoms with Gasteiger partial charge in [0.2, 0.25) is 0 Å². The predicted octanol–water partition coefficient (Wildman–Crippen LogP) is 5.84. The first-order valence-corrected chi connectivity index (χ1v) is 13.0. The molecule has 2 N–H and O–H groups in total. The van der Waals surface area contributed by atoms with E-state index in [2.05, 4.69) is 26.6 Å². The molecule has 0 radical (unpaired) electrons. The number of imide groups is 2. The Morgan fingerprint density at radius 1 is 1.05 bits per heavy atom. The van der Waals surface area contributed by atoms with Crippen LogP contribution in [0.3, 0.4) is 0 Å². The molecule has 1 saturated heterocycles. The van der Waals surface area contributed by atoms with Crippen molar-refractivity contribution in [2.24, 2.45) is 0 Å². The van der Waals surface area contributed by atoms with Crippen molar-refractivity contribution in [3.05, 3.63) is 86.3 Å². The van der Waals surface area contributed by atoms with E-state index in [1.54, 1.807) is 43.3 Å². The molecule has 39 heavy (non-hydrogen) atoms. The largest absolute Gasteiger partial charge is 0.490 e. The van der Waals surface area contributed by atoms with E-state index in [0.717, 1.165) is 4.90 Å². The molecule has 0 aromatic heterocycles. The average Bonchev–Trinajstić information content (AvgIpc) is 2.88. The minimum Gasteiger partial charge on any atom is -0.490 e. The van der Waals surface area contributed by atoms with Gasteiger partial charge in [0.1, 0.15) is 5.57 Å². The number of halogens is 3. The highest BCUT2D eigenvalue weighted by atomic mass is 79.9. The number of benzene rings is 3. The molecule has 0 unspecified atom stereocenters. The van der Waals surface area contributed by atoms with Gasteiger partial charge in [0.05, 0.1) is 27.5 Å². The molecular formula is C27H20BrCl2N3O6. The van der Waals surface area contributed by atoms with E-state index < -0.39 is 23.8 Å². The van der Waals surface area contributed by atoms with Crippen molar-refractivity contribution in [2.45, 2.75) is 6.92 Å². The minimum absolute atomic E-state index is 0.241. The third-order valence-corrected chi connectivity index (χ3v) is 6.50. The fourth-order valence-corrected chi connectivity index (χ4v) is 4.49. The molecule has 1 aliphatic rings. The normalized spacial score (nSPS) is 14.3. The minimum atomic E-state index is -0.875.